The van der Waals surface area contributed by atoms with Crippen molar-refractivity contribution in [3.05, 3.63) is 21.8 Å². The summed E-state index contributed by atoms with van der Waals surface area (Å²) in [7, 11) is -0.911. The van der Waals surface area contributed by atoms with Gasteiger partial charge in [0, 0.05) is 16.6 Å². The van der Waals surface area contributed by atoms with Gasteiger partial charge in [-0.25, -0.2) is 0 Å². The quantitative estimate of drug-likeness (QED) is 0.799. The minimum absolute atomic E-state index is 0.347. The summed E-state index contributed by atoms with van der Waals surface area (Å²) in [6.45, 7) is 2.08. The van der Waals surface area contributed by atoms with Gasteiger partial charge in [0.05, 0.1) is 8.66 Å². The molecule has 0 N–H and O–H groups in total. The molecule has 0 aliphatic rings. The van der Waals surface area contributed by atoms with Crippen molar-refractivity contribution in [1.29, 1.82) is 0 Å². The highest BCUT2D eigenvalue weighted by Gasteiger charge is 2.12. The third-order valence-corrected chi connectivity index (χ3v) is 5.20. The van der Waals surface area contributed by atoms with Crippen LogP contribution < -0.4 is 0 Å². The first-order valence-electron chi connectivity index (χ1n) is 5.62. The van der Waals surface area contributed by atoms with Crippen LogP contribution in [0.5, 0.6) is 0 Å². The summed E-state index contributed by atoms with van der Waals surface area (Å²) in [5.74, 6) is 2.05. The number of rotatable bonds is 6. The Morgan fingerprint density at radius 1 is 1.50 bits per heavy atom. The fraction of sp³-hybridized carbons (Fsp3) is 0.455. The Kier molecular flexibility index (Phi) is 5.08. The molecule has 0 spiro atoms. The predicted octanol–water partition coefficient (Wildman–Crippen LogP) is 3.61. The van der Waals surface area contributed by atoms with Gasteiger partial charge < -0.3 is 4.52 Å². The van der Waals surface area contributed by atoms with E-state index in [1.165, 1.54) is 0 Å². The van der Waals surface area contributed by atoms with Crippen LogP contribution in [-0.2, 0) is 16.6 Å². The second-order valence-electron chi connectivity index (χ2n) is 3.76. The number of hydrogen-bond donors (Lipinski definition) is 0. The highest BCUT2D eigenvalue weighted by Crippen LogP contribution is 2.29. The minimum Gasteiger partial charge on any atom is -0.338 e. The Morgan fingerprint density at radius 2 is 2.33 bits per heavy atom. The second-order valence-corrected chi connectivity index (χ2v) is 7.80. The Hall–Kier alpha value is -0.530. The molecule has 4 nitrogen and oxygen atoms in total. The molecule has 18 heavy (non-hydrogen) atoms. The maximum absolute atomic E-state index is 11.7. The zero-order chi connectivity index (χ0) is 13.0. The molecule has 0 radical (unpaired) electrons. The number of unbranched alkanes of at least 4 members (excludes halogenated alkanes) is 1. The molecule has 7 heteroatoms. The maximum atomic E-state index is 11.7. The van der Waals surface area contributed by atoms with Crippen LogP contribution >= 0.6 is 27.3 Å². The van der Waals surface area contributed by atoms with Gasteiger partial charge >= 0.3 is 0 Å². The highest BCUT2D eigenvalue weighted by atomic mass is 79.9. The number of thiophene rings is 1. The Balaban J connectivity index is 2.00. The van der Waals surface area contributed by atoms with Crippen molar-refractivity contribution in [3.63, 3.8) is 0 Å². The zero-order valence-corrected chi connectivity index (χ0v) is 13.1. The van der Waals surface area contributed by atoms with Crippen LogP contribution in [0, 0.1) is 0 Å². The molecule has 0 amide bonds. The summed E-state index contributed by atoms with van der Waals surface area (Å²) in [6.07, 6.45) is 2.01. The molecule has 2 heterocycles. The lowest BCUT2D eigenvalue weighted by molar-refractivity contribution is 0.391. The van der Waals surface area contributed by atoms with E-state index in [0.717, 1.165) is 21.5 Å². The molecule has 0 aliphatic carbocycles. The topological polar surface area (TPSA) is 56.0 Å². The fourth-order valence-electron chi connectivity index (χ4n) is 1.36. The zero-order valence-electron chi connectivity index (χ0n) is 9.89. The van der Waals surface area contributed by atoms with Crippen LogP contribution in [0.15, 0.2) is 20.4 Å². The second kappa shape index (κ2) is 6.58. The van der Waals surface area contributed by atoms with E-state index >= 15 is 0 Å². The van der Waals surface area contributed by atoms with E-state index in [2.05, 4.69) is 33.0 Å². The summed E-state index contributed by atoms with van der Waals surface area (Å²) in [4.78, 5) is 5.20. The van der Waals surface area contributed by atoms with E-state index in [4.69, 9.17) is 4.52 Å². The molecule has 2 rings (SSSR count). The molecule has 0 saturated carbocycles. The van der Waals surface area contributed by atoms with E-state index in [0.29, 0.717) is 23.2 Å². The van der Waals surface area contributed by atoms with Gasteiger partial charge in [-0.05, 0) is 34.5 Å². The van der Waals surface area contributed by atoms with Gasteiger partial charge in [0.25, 0.3) is 0 Å². The summed E-state index contributed by atoms with van der Waals surface area (Å²) < 4.78 is 17.8. The molecule has 98 valence electrons. The molecule has 0 saturated heterocycles. The van der Waals surface area contributed by atoms with E-state index in [9.17, 15) is 4.21 Å². The van der Waals surface area contributed by atoms with Crippen LogP contribution in [0.3, 0.4) is 0 Å². The number of halogens is 1. The first-order chi connectivity index (χ1) is 8.69. The van der Waals surface area contributed by atoms with Crippen molar-refractivity contribution in [2.75, 3.05) is 5.75 Å². The molecular formula is C11H13BrN2O2S2. The van der Waals surface area contributed by atoms with Gasteiger partial charge in [0.1, 0.15) is 5.75 Å². The maximum Gasteiger partial charge on any atom is 0.239 e. The summed E-state index contributed by atoms with van der Waals surface area (Å²) in [5, 5.41) is 3.90. The SMILES string of the molecule is CCCC[S@](=O)Cc1nc(-c2ccc(Br)s2)no1. The van der Waals surface area contributed by atoms with Crippen molar-refractivity contribution >= 4 is 38.1 Å². The molecule has 0 fully saturated rings. The molecule has 0 aromatic carbocycles. The highest BCUT2D eigenvalue weighted by molar-refractivity contribution is 9.11. The monoisotopic (exact) mass is 348 g/mol. The van der Waals surface area contributed by atoms with Crippen molar-refractivity contribution in [2.45, 2.75) is 25.5 Å². The summed E-state index contributed by atoms with van der Waals surface area (Å²) >= 11 is 4.93. The molecule has 0 bridgehead atoms. The molecule has 2 aromatic rings. The normalized spacial score (nSPS) is 12.8. The van der Waals surface area contributed by atoms with Crippen molar-refractivity contribution in [2.24, 2.45) is 0 Å². The van der Waals surface area contributed by atoms with E-state index in [1.807, 2.05) is 12.1 Å². The van der Waals surface area contributed by atoms with Gasteiger partial charge in [0.15, 0.2) is 0 Å². The summed E-state index contributed by atoms with van der Waals surface area (Å²) in [5.41, 5.74) is 0. The fourth-order valence-corrected chi connectivity index (χ4v) is 3.82. The smallest absolute Gasteiger partial charge is 0.239 e. The lowest BCUT2D eigenvalue weighted by Gasteiger charge is -1.95. The van der Waals surface area contributed by atoms with Gasteiger partial charge in [-0.2, -0.15) is 4.98 Å². The van der Waals surface area contributed by atoms with Crippen molar-refractivity contribution in [3.8, 4) is 10.7 Å². The molecule has 2 aromatic heterocycles. The van der Waals surface area contributed by atoms with Crippen LogP contribution in [0.2, 0.25) is 0 Å². The average molecular weight is 349 g/mol. The van der Waals surface area contributed by atoms with Gasteiger partial charge in [-0.1, -0.05) is 18.5 Å². The van der Waals surface area contributed by atoms with E-state index < -0.39 is 10.8 Å². The van der Waals surface area contributed by atoms with Crippen molar-refractivity contribution < 1.29 is 8.73 Å². The Labute approximate surface area is 120 Å². The van der Waals surface area contributed by atoms with Crippen molar-refractivity contribution in [1.82, 2.24) is 10.1 Å². The van der Waals surface area contributed by atoms with Crippen LogP contribution in [0.1, 0.15) is 25.7 Å². The molecule has 1 atom stereocenters. The average Bonchev–Trinajstić information content (AvgIpc) is 2.95. The number of aromatic nitrogens is 2. The number of hydrogen-bond acceptors (Lipinski definition) is 5. The minimum atomic E-state index is -0.911. The third-order valence-electron chi connectivity index (χ3n) is 2.27. The lowest BCUT2D eigenvalue weighted by atomic mass is 10.4. The first-order valence-corrected chi connectivity index (χ1v) is 8.72. The Bertz CT molecular complexity index is 539. The van der Waals surface area contributed by atoms with Gasteiger partial charge in [-0.15, -0.1) is 11.3 Å². The van der Waals surface area contributed by atoms with Crippen LogP contribution in [-0.4, -0.2) is 20.1 Å². The van der Waals surface area contributed by atoms with E-state index in [1.54, 1.807) is 11.3 Å². The molecular weight excluding hydrogens is 336 g/mol. The molecule has 0 unspecified atom stereocenters. The van der Waals surface area contributed by atoms with Gasteiger partial charge in [0.2, 0.25) is 11.7 Å². The van der Waals surface area contributed by atoms with E-state index in [-0.39, 0.29) is 0 Å². The van der Waals surface area contributed by atoms with Gasteiger partial charge in [-0.3, -0.25) is 4.21 Å². The first kappa shape index (κ1) is 13.9. The van der Waals surface area contributed by atoms with Crippen LogP contribution in [0.4, 0.5) is 0 Å². The van der Waals surface area contributed by atoms with Crippen LogP contribution in [0.25, 0.3) is 10.7 Å². The largest absolute Gasteiger partial charge is 0.338 e. The lowest BCUT2D eigenvalue weighted by Crippen LogP contribution is -2.00. The molecule has 0 aliphatic heterocycles. The Morgan fingerprint density at radius 3 is 3.00 bits per heavy atom. The third kappa shape index (κ3) is 3.73. The predicted molar refractivity (Wildman–Crippen MR) is 76.9 cm³/mol. The summed E-state index contributed by atoms with van der Waals surface area (Å²) in [6, 6.07) is 3.87. The standard InChI is InChI=1S/C11H13BrN2O2S2/c1-2-3-6-18(15)7-10-13-11(14-16-10)8-4-5-9(12)17-8/h4-5H,2-3,6-7H2,1H3/t18-/m0/s1. The number of nitrogens with zero attached hydrogens (tertiary/aromatic N) is 2.